The molecule has 0 aliphatic rings. The number of carbonyl (C=O) groups is 1. The zero-order valence-corrected chi connectivity index (χ0v) is 16.3. The third-order valence-electron chi connectivity index (χ3n) is 4.65. The van der Waals surface area contributed by atoms with Crippen molar-refractivity contribution in [3.63, 3.8) is 0 Å². The van der Waals surface area contributed by atoms with Gasteiger partial charge in [0, 0.05) is 36.9 Å². The number of pyridine rings is 2. The van der Waals surface area contributed by atoms with Crippen LogP contribution < -0.4 is 5.32 Å². The van der Waals surface area contributed by atoms with Crippen molar-refractivity contribution in [2.24, 2.45) is 0 Å². The number of carbonyl (C=O) groups excluding carboxylic acids is 1. The summed E-state index contributed by atoms with van der Waals surface area (Å²) < 4.78 is 15.3. The predicted molar refractivity (Wildman–Crippen MR) is 110 cm³/mol. The summed E-state index contributed by atoms with van der Waals surface area (Å²) in [6.45, 7) is 2.11. The number of nitrogens with zero attached hydrogens (tertiary/aromatic N) is 5. The van der Waals surface area contributed by atoms with Crippen molar-refractivity contribution in [1.82, 2.24) is 30.3 Å². The SMILES string of the molecule is Cc1cc(-n2nnc(C(=O)NCCc3cccnc3)c2-c2ccncc2)ccc1F. The van der Waals surface area contributed by atoms with Gasteiger partial charge in [0.15, 0.2) is 5.69 Å². The zero-order valence-electron chi connectivity index (χ0n) is 16.3. The molecule has 1 aromatic carbocycles. The lowest BCUT2D eigenvalue weighted by Crippen LogP contribution is -2.26. The fraction of sp³-hybridized carbons (Fsp3) is 0.136. The maximum atomic E-state index is 13.7. The molecule has 3 heterocycles. The van der Waals surface area contributed by atoms with Crippen molar-refractivity contribution in [2.75, 3.05) is 6.54 Å². The average Bonchev–Trinajstić information content (AvgIpc) is 3.22. The van der Waals surface area contributed by atoms with Crippen LogP contribution in [0.4, 0.5) is 4.39 Å². The Balaban J connectivity index is 1.65. The third-order valence-corrected chi connectivity index (χ3v) is 4.65. The maximum absolute atomic E-state index is 13.7. The predicted octanol–water partition coefficient (Wildman–Crippen LogP) is 3.14. The molecule has 0 fully saturated rings. The van der Waals surface area contributed by atoms with E-state index in [0.29, 0.717) is 29.9 Å². The van der Waals surface area contributed by atoms with Crippen LogP contribution in [0.15, 0.2) is 67.3 Å². The van der Waals surface area contributed by atoms with Crippen molar-refractivity contribution in [3.05, 3.63) is 89.9 Å². The lowest BCUT2D eigenvalue weighted by Gasteiger charge is -2.10. The Hall–Kier alpha value is -3.94. The molecular weight excluding hydrogens is 383 g/mol. The molecule has 8 heteroatoms. The van der Waals surface area contributed by atoms with Gasteiger partial charge in [-0.3, -0.25) is 14.8 Å². The Morgan fingerprint density at radius 3 is 2.67 bits per heavy atom. The van der Waals surface area contributed by atoms with E-state index in [0.717, 1.165) is 11.1 Å². The molecule has 3 aromatic heterocycles. The van der Waals surface area contributed by atoms with Crippen LogP contribution in [-0.4, -0.2) is 37.4 Å². The summed E-state index contributed by atoms with van der Waals surface area (Å²) in [5.41, 5.74) is 3.55. The van der Waals surface area contributed by atoms with Crippen LogP contribution >= 0.6 is 0 Å². The minimum atomic E-state index is -0.337. The summed E-state index contributed by atoms with van der Waals surface area (Å²) in [6, 6.07) is 12.0. The first kappa shape index (κ1) is 19.4. The van der Waals surface area contributed by atoms with Crippen molar-refractivity contribution in [2.45, 2.75) is 13.3 Å². The highest BCUT2D eigenvalue weighted by Gasteiger charge is 2.22. The van der Waals surface area contributed by atoms with Crippen LogP contribution in [-0.2, 0) is 6.42 Å². The molecule has 150 valence electrons. The van der Waals surface area contributed by atoms with E-state index >= 15 is 0 Å². The molecule has 0 saturated carbocycles. The quantitative estimate of drug-likeness (QED) is 0.536. The molecule has 7 nitrogen and oxygen atoms in total. The topological polar surface area (TPSA) is 85.6 Å². The number of hydrogen-bond donors (Lipinski definition) is 1. The smallest absolute Gasteiger partial charge is 0.274 e. The first-order valence-electron chi connectivity index (χ1n) is 9.43. The van der Waals surface area contributed by atoms with Crippen LogP contribution in [0.5, 0.6) is 0 Å². The van der Waals surface area contributed by atoms with Gasteiger partial charge in [0.05, 0.1) is 5.69 Å². The van der Waals surface area contributed by atoms with Crippen LogP contribution in [0, 0.1) is 12.7 Å². The van der Waals surface area contributed by atoms with E-state index in [1.54, 1.807) is 56.0 Å². The van der Waals surface area contributed by atoms with Crippen molar-refractivity contribution < 1.29 is 9.18 Å². The van der Waals surface area contributed by atoms with Crippen LogP contribution in [0.3, 0.4) is 0 Å². The van der Waals surface area contributed by atoms with Gasteiger partial charge < -0.3 is 5.32 Å². The van der Waals surface area contributed by atoms with Gasteiger partial charge in [0.2, 0.25) is 0 Å². The highest BCUT2D eigenvalue weighted by atomic mass is 19.1. The Labute approximate surface area is 172 Å². The van der Waals surface area contributed by atoms with E-state index in [1.165, 1.54) is 10.7 Å². The molecule has 0 bridgehead atoms. The van der Waals surface area contributed by atoms with Gasteiger partial charge in [-0.2, -0.15) is 0 Å². The number of nitrogens with one attached hydrogen (secondary N) is 1. The van der Waals surface area contributed by atoms with Crippen molar-refractivity contribution >= 4 is 5.91 Å². The summed E-state index contributed by atoms with van der Waals surface area (Å²) in [7, 11) is 0. The second-order valence-corrected chi connectivity index (χ2v) is 6.74. The summed E-state index contributed by atoms with van der Waals surface area (Å²) in [6.07, 6.45) is 7.38. The molecule has 0 spiro atoms. The molecule has 4 rings (SSSR count). The lowest BCUT2D eigenvalue weighted by atomic mass is 10.1. The summed E-state index contributed by atoms with van der Waals surface area (Å²) in [5, 5.41) is 11.2. The first-order valence-corrected chi connectivity index (χ1v) is 9.43. The molecule has 30 heavy (non-hydrogen) atoms. The molecule has 0 saturated heterocycles. The first-order chi connectivity index (χ1) is 14.6. The molecule has 1 amide bonds. The number of hydrogen-bond acceptors (Lipinski definition) is 5. The molecular formula is C22H19FN6O. The summed E-state index contributed by atoms with van der Waals surface area (Å²) in [4.78, 5) is 21.0. The molecule has 0 aliphatic carbocycles. The van der Waals surface area contributed by atoms with Crippen molar-refractivity contribution in [1.29, 1.82) is 0 Å². The van der Waals surface area contributed by atoms with Crippen molar-refractivity contribution in [3.8, 4) is 16.9 Å². The Bertz CT molecular complexity index is 1160. The monoisotopic (exact) mass is 402 g/mol. The van der Waals surface area contributed by atoms with E-state index in [2.05, 4.69) is 25.6 Å². The van der Waals surface area contributed by atoms with Gasteiger partial charge in [-0.25, -0.2) is 9.07 Å². The Morgan fingerprint density at radius 1 is 1.10 bits per heavy atom. The molecule has 0 aliphatic heterocycles. The molecule has 1 N–H and O–H groups in total. The number of aromatic nitrogens is 5. The van der Waals surface area contributed by atoms with E-state index < -0.39 is 0 Å². The van der Waals surface area contributed by atoms with Gasteiger partial charge in [-0.05, 0) is 60.9 Å². The van der Waals surface area contributed by atoms with Crippen LogP contribution in [0.2, 0.25) is 0 Å². The normalized spacial score (nSPS) is 10.7. The lowest BCUT2D eigenvalue weighted by molar-refractivity contribution is 0.0949. The number of amides is 1. The third kappa shape index (κ3) is 4.07. The number of benzene rings is 1. The van der Waals surface area contributed by atoms with E-state index in [9.17, 15) is 9.18 Å². The standard InChI is InChI=1S/C22H19FN6O/c1-15-13-18(4-5-19(15)23)29-21(17-7-10-24-11-8-17)20(27-28-29)22(30)26-12-6-16-3-2-9-25-14-16/h2-5,7-11,13-14H,6,12H2,1H3,(H,26,30). The summed E-state index contributed by atoms with van der Waals surface area (Å²) >= 11 is 0. The van der Waals surface area contributed by atoms with Gasteiger partial charge >= 0.3 is 0 Å². The fourth-order valence-corrected chi connectivity index (χ4v) is 3.10. The molecule has 0 atom stereocenters. The second-order valence-electron chi connectivity index (χ2n) is 6.74. The highest BCUT2D eigenvalue weighted by Crippen LogP contribution is 2.25. The minimum absolute atomic E-state index is 0.189. The van der Waals surface area contributed by atoms with Crippen LogP contribution in [0.25, 0.3) is 16.9 Å². The molecule has 0 radical (unpaired) electrons. The van der Waals surface area contributed by atoms with Crippen LogP contribution in [0.1, 0.15) is 21.6 Å². The van der Waals surface area contributed by atoms with Gasteiger partial charge in [0.25, 0.3) is 5.91 Å². The fourth-order valence-electron chi connectivity index (χ4n) is 3.10. The Kier molecular flexibility index (Phi) is 5.56. The number of aryl methyl sites for hydroxylation is 1. The Morgan fingerprint density at radius 2 is 1.93 bits per heavy atom. The van der Waals surface area contributed by atoms with Gasteiger partial charge in [-0.15, -0.1) is 5.10 Å². The highest BCUT2D eigenvalue weighted by molar-refractivity contribution is 5.98. The number of halogens is 1. The van der Waals surface area contributed by atoms with E-state index in [1.807, 2.05) is 12.1 Å². The van der Waals surface area contributed by atoms with Gasteiger partial charge in [-0.1, -0.05) is 11.3 Å². The largest absolute Gasteiger partial charge is 0.350 e. The maximum Gasteiger partial charge on any atom is 0.274 e. The van der Waals surface area contributed by atoms with E-state index in [4.69, 9.17) is 0 Å². The van der Waals surface area contributed by atoms with Gasteiger partial charge in [0.1, 0.15) is 11.5 Å². The molecule has 0 unspecified atom stereocenters. The molecule has 4 aromatic rings. The summed E-state index contributed by atoms with van der Waals surface area (Å²) in [5.74, 6) is -0.645. The minimum Gasteiger partial charge on any atom is -0.350 e. The van der Waals surface area contributed by atoms with E-state index in [-0.39, 0.29) is 17.4 Å². The second kappa shape index (κ2) is 8.60. The zero-order chi connectivity index (χ0) is 20.9. The number of rotatable bonds is 6. The average molecular weight is 402 g/mol.